The van der Waals surface area contributed by atoms with Gasteiger partial charge in [-0.2, -0.15) is 0 Å². The van der Waals surface area contributed by atoms with E-state index in [1.807, 2.05) is 0 Å². The highest BCUT2D eigenvalue weighted by Gasteiger charge is 2.15. The van der Waals surface area contributed by atoms with Gasteiger partial charge in [0, 0.05) is 18.0 Å². The molecule has 0 aliphatic carbocycles. The van der Waals surface area contributed by atoms with Gasteiger partial charge < -0.3 is 14.5 Å². The van der Waals surface area contributed by atoms with Crippen LogP contribution in [0.1, 0.15) is 26.3 Å². The Hall–Kier alpha value is -2.04. The number of amides is 1. The third-order valence-electron chi connectivity index (χ3n) is 2.68. The lowest BCUT2D eigenvalue weighted by molar-refractivity contribution is 0.0528. The summed E-state index contributed by atoms with van der Waals surface area (Å²) < 4.78 is 24.0. The molecule has 0 saturated carbocycles. The average molecular weight is 279 g/mol. The molecule has 2 rings (SSSR count). The molecule has 0 spiro atoms. The highest BCUT2D eigenvalue weighted by molar-refractivity contribution is 5.78. The molecule has 0 fully saturated rings. The molecule has 5 heteroatoms. The van der Waals surface area contributed by atoms with Crippen molar-refractivity contribution >= 4 is 17.1 Å². The first kappa shape index (κ1) is 14.4. The number of carbonyl (C=O) groups is 1. The zero-order chi connectivity index (χ0) is 14.8. The lowest BCUT2D eigenvalue weighted by Crippen LogP contribution is -2.33. The van der Waals surface area contributed by atoms with Crippen LogP contribution in [0.5, 0.6) is 0 Å². The molecule has 20 heavy (non-hydrogen) atoms. The molecule has 0 aliphatic heterocycles. The number of carbonyl (C=O) groups excluding carboxylic acids is 1. The summed E-state index contributed by atoms with van der Waals surface area (Å²) in [6.07, 6.45) is 1.42. The number of ether oxygens (including phenoxy) is 1. The van der Waals surface area contributed by atoms with Crippen LogP contribution in [0, 0.1) is 5.82 Å². The van der Waals surface area contributed by atoms with Crippen LogP contribution in [-0.4, -0.2) is 18.2 Å². The van der Waals surface area contributed by atoms with Crippen molar-refractivity contribution in [2.24, 2.45) is 0 Å². The summed E-state index contributed by atoms with van der Waals surface area (Å²) >= 11 is 0. The van der Waals surface area contributed by atoms with E-state index < -0.39 is 11.7 Å². The van der Waals surface area contributed by atoms with E-state index in [4.69, 9.17) is 9.15 Å². The number of rotatable bonds is 3. The van der Waals surface area contributed by atoms with Crippen molar-refractivity contribution in [3.63, 3.8) is 0 Å². The predicted molar refractivity (Wildman–Crippen MR) is 74.1 cm³/mol. The van der Waals surface area contributed by atoms with Gasteiger partial charge in [-0.1, -0.05) is 0 Å². The van der Waals surface area contributed by atoms with E-state index in [0.29, 0.717) is 24.1 Å². The van der Waals surface area contributed by atoms with Crippen molar-refractivity contribution in [3.05, 3.63) is 35.8 Å². The van der Waals surface area contributed by atoms with Crippen molar-refractivity contribution in [1.29, 1.82) is 0 Å². The summed E-state index contributed by atoms with van der Waals surface area (Å²) in [6, 6.07) is 4.86. The normalized spacial score (nSPS) is 11.6. The molecule has 108 valence electrons. The molecule has 0 aliphatic rings. The van der Waals surface area contributed by atoms with Gasteiger partial charge in [0.2, 0.25) is 0 Å². The first-order valence-electron chi connectivity index (χ1n) is 6.47. The Labute approximate surface area is 116 Å². The molecule has 0 saturated heterocycles. The average Bonchev–Trinajstić information content (AvgIpc) is 2.73. The summed E-state index contributed by atoms with van der Waals surface area (Å²) in [5.74, 6) is -0.335. The van der Waals surface area contributed by atoms with Crippen LogP contribution in [0.2, 0.25) is 0 Å². The Kier molecular flexibility index (Phi) is 3.97. The van der Waals surface area contributed by atoms with E-state index >= 15 is 0 Å². The maximum absolute atomic E-state index is 13.8. The van der Waals surface area contributed by atoms with Crippen LogP contribution in [-0.2, 0) is 11.2 Å². The number of fused-ring (bicyclic) bond motifs is 1. The minimum absolute atomic E-state index is 0.315. The molecule has 1 aromatic heterocycles. The van der Waals surface area contributed by atoms with Gasteiger partial charge in [-0.05, 0) is 44.9 Å². The summed E-state index contributed by atoms with van der Waals surface area (Å²) in [7, 11) is 0. The second-order valence-electron chi connectivity index (χ2n) is 5.58. The third kappa shape index (κ3) is 3.73. The van der Waals surface area contributed by atoms with E-state index in [0.717, 1.165) is 5.39 Å². The number of furan rings is 1. The molecule has 1 heterocycles. The molecule has 0 radical (unpaired) electrons. The van der Waals surface area contributed by atoms with Crippen molar-refractivity contribution < 1.29 is 18.3 Å². The van der Waals surface area contributed by atoms with E-state index in [1.165, 1.54) is 12.3 Å². The van der Waals surface area contributed by atoms with Crippen LogP contribution >= 0.6 is 0 Å². The van der Waals surface area contributed by atoms with Gasteiger partial charge in [0.15, 0.2) is 0 Å². The lowest BCUT2D eigenvalue weighted by Gasteiger charge is -2.19. The van der Waals surface area contributed by atoms with Gasteiger partial charge in [0.05, 0.1) is 6.26 Å². The second-order valence-corrected chi connectivity index (χ2v) is 5.58. The summed E-state index contributed by atoms with van der Waals surface area (Å²) in [6.45, 7) is 5.69. The number of nitrogens with one attached hydrogen (secondary N) is 1. The third-order valence-corrected chi connectivity index (χ3v) is 2.68. The first-order valence-corrected chi connectivity index (χ1v) is 6.47. The topological polar surface area (TPSA) is 51.5 Å². The highest BCUT2D eigenvalue weighted by Crippen LogP contribution is 2.20. The van der Waals surface area contributed by atoms with Crippen molar-refractivity contribution in [2.45, 2.75) is 32.8 Å². The number of halogens is 1. The Morgan fingerprint density at radius 3 is 2.85 bits per heavy atom. The smallest absolute Gasteiger partial charge is 0.407 e. The molecule has 0 bridgehead atoms. The monoisotopic (exact) mass is 279 g/mol. The Bertz CT molecular complexity index is 613. The van der Waals surface area contributed by atoms with E-state index in [-0.39, 0.29) is 5.82 Å². The van der Waals surface area contributed by atoms with Gasteiger partial charge in [-0.15, -0.1) is 0 Å². The zero-order valence-electron chi connectivity index (χ0n) is 11.8. The molecular formula is C15H18FNO3. The van der Waals surface area contributed by atoms with Crippen molar-refractivity contribution in [1.82, 2.24) is 5.32 Å². The van der Waals surface area contributed by atoms with Gasteiger partial charge in [0.1, 0.15) is 17.0 Å². The Morgan fingerprint density at radius 1 is 1.40 bits per heavy atom. The predicted octanol–water partition coefficient (Wildman–Crippen LogP) is 3.64. The Morgan fingerprint density at radius 2 is 2.15 bits per heavy atom. The van der Waals surface area contributed by atoms with Crippen molar-refractivity contribution in [2.75, 3.05) is 6.54 Å². The molecule has 1 N–H and O–H groups in total. The van der Waals surface area contributed by atoms with E-state index in [2.05, 4.69) is 5.32 Å². The number of benzene rings is 1. The maximum atomic E-state index is 13.8. The van der Waals surface area contributed by atoms with Gasteiger partial charge in [-0.25, -0.2) is 9.18 Å². The van der Waals surface area contributed by atoms with Crippen LogP contribution in [0.15, 0.2) is 28.9 Å². The van der Waals surface area contributed by atoms with E-state index in [9.17, 15) is 9.18 Å². The van der Waals surface area contributed by atoms with Crippen LogP contribution < -0.4 is 5.32 Å². The molecular weight excluding hydrogens is 261 g/mol. The maximum Gasteiger partial charge on any atom is 0.407 e. The van der Waals surface area contributed by atoms with E-state index in [1.54, 1.807) is 32.9 Å². The fraction of sp³-hybridized carbons (Fsp3) is 0.400. The Balaban J connectivity index is 1.92. The fourth-order valence-electron chi connectivity index (χ4n) is 1.84. The summed E-state index contributed by atoms with van der Waals surface area (Å²) in [5.41, 5.74) is 0.520. The molecule has 1 aromatic carbocycles. The van der Waals surface area contributed by atoms with Crippen LogP contribution in [0.3, 0.4) is 0 Å². The lowest BCUT2D eigenvalue weighted by atomic mass is 10.1. The van der Waals surface area contributed by atoms with Gasteiger partial charge in [0.25, 0.3) is 0 Å². The summed E-state index contributed by atoms with van der Waals surface area (Å²) in [5, 5.41) is 3.45. The van der Waals surface area contributed by atoms with Crippen molar-refractivity contribution in [3.8, 4) is 0 Å². The van der Waals surface area contributed by atoms with Crippen LogP contribution in [0.25, 0.3) is 11.0 Å². The van der Waals surface area contributed by atoms with Gasteiger partial charge in [-0.3, -0.25) is 0 Å². The molecule has 2 aromatic rings. The highest BCUT2D eigenvalue weighted by atomic mass is 19.1. The number of hydrogen-bond donors (Lipinski definition) is 1. The SMILES string of the molecule is CC(C)(C)OC(=O)NCCc1cc2ccoc2cc1F. The minimum Gasteiger partial charge on any atom is -0.464 e. The number of hydrogen-bond acceptors (Lipinski definition) is 3. The van der Waals surface area contributed by atoms with Gasteiger partial charge >= 0.3 is 6.09 Å². The molecule has 0 atom stereocenters. The largest absolute Gasteiger partial charge is 0.464 e. The molecule has 4 nitrogen and oxygen atoms in total. The standard InChI is InChI=1S/C15H18FNO3/c1-15(2,3)20-14(18)17-6-4-10-8-11-5-7-19-13(11)9-12(10)16/h5,7-9H,4,6H2,1-3H3,(H,17,18). The summed E-state index contributed by atoms with van der Waals surface area (Å²) in [4.78, 5) is 11.5. The van der Waals surface area contributed by atoms with Crippen LogP contribution in [0.4, 0.5) is 9.18 Å². The molecule has 1 amide bonds. The fourth-order valence-corrected chi connectivity index (χ4v) is 1.84. The zero-order valence-corrected chi connectivity index (χ0v) is 11.8. The first-order chi connectivity index (χ1) is 9.35. The quantitative estimate of drug-likeness (QED) is 0.933. The number of alkyl carbamates (subject to hydrolysis) is 1. The second kappa shape index (κ2) is 5.53. The molecule has 0 unspecified atom stereocenters. The minimum atomic E-state index is -0.537.